The maximum absolute atomic E-state index is 10.7. The number of carbonyl (C=O) groups is 1. The van der Waals surface area contributed by atoms with E-state index < -0.39 is 12.1 Å². The fourth-order valence-corrected chi connectivity index (χ4v) is 2.69. The molecule has 0 aromatic rings. The number of hydrogen-bond acceptors (Lipinski definition) is 4. The van der Waals surface area contributed by atoms with Crippen molar-refractivity contribution in [3.05, 3.63) is 0 Å². The predicted octanol–water partition coefficient (Wildman–Crippen LogP) is 1.32. The minimum atomic E-state index is -0.924. The second-order valence-electron chi connectivity index (χ2n) is 5.53. The fourth-order valence-electron chi connectivity index (χ4n) is 2.69. The van der Waals surface area contributed by atoms with Gasteiger partial charge >= 0.3 is 5.97 Å². The molecule has 2 aliphatic rings. The van der Waals surface area contributed by atoms with E-state index in [9.17, 15) is 4.79 Å². The van der Waals surface area contributed by atoms with Gasteiger partial charge in [-0.2, -0.15) is 0 Å². The van der Waals surface area contributed by atoms with Gasteiger partial charge in [0.2, 0.25) is 0 Å². The van der Waals surface area contributed by atoms with Crippen molar-refractivity contribution in [3.8, 4) is 0 Å². The second-order valence-corrected chi connectivity index (χ2v) is 5.53. The van der Waals surface area contributed by atoms with Gasteiger partial charge in [0.15, 0.2) is 12.4 Å². The number of ether oxygens (including phenoxy) is 2. The van der Waals surface area contributed by atoms with E-state index in [1.54, 1.807) is 0 Å². The number of nitrogens with zero attached hydrogens (tertiary/aromatic N) is 1. The second kappa shape index (κ2) is 5.99. The molecule has 5 nitrogen and oxygen atoms in total. The van der Waals surface area contributed by atoms with Crippen LogP contribution in [0.3, 0.4) is 0 Å². The van der Waals surface area contributed by atoms with Crippen LogP contribution in [0.1, 0.15) is 33.1 Å². The Morgan fingerprint density at radius 3 is 2.56 bits per heavy atom. The van der Waals surface area contributed by atoms with Gasteiger partial charge in [-0.1, -0.05) is 0 Å². The summed E-state index contributed by atoms with van der Waals surface area (Å²) in [5, 5.41) is 8.82. The SMILES string of the molecule is CC(C)N1CCC(CC2OCC(C(=O)O)O2)CC1. The molecule has 2 rings (SSSR count). The van der Waals surface area contributed by atoms with Gasteiger partial charge in [-0.15, -0.1) is 0 Å². The third kappa shape index (κ3) is 3.43. The van der Waals surface area contributed by atoms with E-state index in [0.717, 1.165) is 32.4 Å². The molecule has 0 radical (unpaired) electrons. The largest absolute Gasteiger partial charge is 0.479 e. The van der Waals surface area contributed by atoms with Crippen LogP contribution in [-0.4, -0.2) is 54.1 Å². The van der Waals surface area contributed by atoms with Crippen LogP contribution in [0.25, 0.3) is 0 Å². The molecule has 0 saturated carbocycles. The summed E-state index contributed by atoms with van der Waals surface area (Å²) in [4.78, 5) is 13.2. The smallest absolute Gasteiger partial charge is 0.335 e. The standard InChI is InChI=1S/C13H23NO4/c1-9(2)14-5-3-10(4-6-14)7-12-17-8-11(18-12)13(15)16/h9-12H,3-8H2,1-2H3,(H,15,16). The Labute approximate surface area is 108 Å². The Morgan fingerprint density at radius 1 is 1.39 bits per heavy atom. The Kier molecular flexibility index (Phi) is 4.59. The molecule has 5 heteroatoms. The van der Waals surface area contributed by atoms with Crippen LogP contribution in [0.4, 0.5) is 0 Å². The Bertz CT molecular complexity index is 287. The monoisotopic (exact) mass is 257 g/mol. The summed E-state index contributed by atoms with van der Waals surface area (Å²) in [7, 11) is 0. The zero-order valence-electron chi connectivity index (χ0n) is 11.2. The minimum Gasteiger partial charge on any atom is -0.479 e. The highest BCUT2D eigenvalue weighted by Crippen LogP contribution is 2.27. The summed E-state index contributed by atoms with van der Waals surface area (Å²) >= 11 is 0. The highest BCUT2D eigenvalue weighted by atomic mass is 16.7. The minimum absolute atomic E-state index is 0.185. The number of piperidine rings is 1. The van der Waals surface area contributed by atoms with Gasteiger partial charge in [-0.05, 0) is 45.7 Å². The van der Waals surface area contributed by atoms with Gasteiger partial charge in [0.05, 0.1) is 6.61 Å². The molecule has 2 aliphatic heterocycles. The number of carboxylic acids is 1. The molecule has 0 aromatic heterocycles. The van der Waals surface area contributed by atoms with Crippen molar-refractivity contribution in [2.45, 2.75) is 51.5 Å². The average Bonchev–Trinajstić information content (AvgIpc) is 2.78. The molecule has 1 N–H and O–H groups in total. The van der Waals surface area contributed by atoms with Gasteiger partial charge in [-0.25, -0.2) is 4.79 Å². The van der Waals surface area contributed by atoms with E-state index in [0.29, 0.717) is 12.0 Å². The van der Waals surface area contributed by atoms with Gasteiger partial charge in [-0.3, -0.25) is 0 Å². The lowest BCUT2D eigenvalue weighted by molar-refractivity contribution is -0.151. The van der Waals surface area contributed by atoms with Crippen LogP contribution in [-0.2, 0) is 14.3 Å². The van der Waals surface area contributed by atoms with Crippen molar-refractivity contribution >= 4 is 5.97 Å². The van der Waals surface area contributed by atoms with Crippen LogP contribution in [0, 0.1) is 5.92 Å². The first-order chi connectivity index (χ1) is 8.56. The van der Waals surface area contributed by atoms with E-state index in [1.165, 1.54) is 0 Å². The molecule has 104 valence electrons. The van der Waals surface area contributed by atoms with Crippen LogP contribution < -0.4 is 0 Å². The molecule has 0 amide bonds. The van der Waals surface area contributed by atoms with Crippen LogP contribution in [0.15, 0.2) is 0 Å². The molecular weight excluding hydrogens is 234 g/mol. The molecule has 2 saturated heterocycles. The first kappa shape index (κ1) is 13.8. The topological polar surface area (TPSA) is 59.0 Å². The molecule has 0 bridgehead atoms. The lowest BCUT2D eigenvalue weighted by Gasteiger charge is -2.35. The molecule has 0 spiro atoms. The number of rotatable bonds is 4. The van der Waals surface area contributed by atoms with Crippen molar-refractivity contribution in [2.24, 2.45) is 5.92 Å². The molecule has 0 aromatic carbocycles. The number of likely N-dealkylation sites (tertiary alicyclic amines) is 1. The van der Waals surface area contributed by atoms with Gasteiger partial charge in [0.25, 0.3) is 0 Å². The number of hydrogen-bond donors (Lipinski definition) is 1. The van der Waals surface area contributed by atoms with E-state index in [4.69, 9.17) is 14.6 Å². The quantitative estimate of drug-likeness (QED) is 0.823. The van der Waals surface area contributed by atoms with E-state index >= 15 is 0 Å². The summed E-state index contributed by atoms with van der Waals surface area (Å²) in [5.74, 6) is -0.329. The normalized spacial score (nSPS) is 31.1. The van der Waals surface area contributed by atoms with Crippen LogP contribution in [0.2, 0.25) is 0 Å². The molecular formula is C13H23NO4. The van der Waals surface area contributed by atoms with Gasteiger partial charge < -0.3 is 19.5 Å². The molecule has 2 unspecified atom stereocenters. The molecule has 2 fully saturated rings. The third-order valence-electron chi connectivity index (χ3n) is 3.93. The van der Waals surface area contributed by atoms with E-state index in [-0.39, 0.29) is 12.9 Å². The zero-order chi connectivity index (χ0) is 13.1. The fraction of sp³-hybridized carbons (Fsp3) is 0.923. The highest BCUT2D eigenvalue weighted by Gasteiger charge is 2.33. The zero-order valence-corrected chi connectivity index (χ0v) is 11.2. The lowest BCUT2D eigenvalue weighted by atomic mass is 9.92. The maximum atomic E-state index is 10.7. The number of aliphatic carboxylic acids is 1. The molecule has 2 atom stereocenters. The summed E-state index contributed by atoms with van der Waals surface area (Å²) in [6.07, 6.45) is 2.04. The average molecular weight is 257 g/mol. The molecule has 18 heavy (non-hydrogen) atoms. The number of carboxylic acid groups (broad SMARTS) is 1. The van der Waals surface area contributed by atoms with Crippen molar-refractivity contribution < 1.29 is 19.4 Å². The van der Waals surface area contributed by atoms with Gasteiger partial charge in [0, 0.05) is 12.5 Å². The molecule has 0 aliphatic carbocycles. The van der Waals surface area contributed by atoms with Crippen LogP contribution >= 0.6 is 0 Å². The van der Waals surface area contributed by atoms with Crippen molar-refractivity contribution in [3.63, 3.8) is 0 Å². The summed E-state index contributed by atoms with van der Waals surface area (Å²) in [6.45, 7) is 6.88. The third-order valence-corrected chi connectivity index (χ3v) is 3.93. The van der Waals surface area contributed by atoms with Crippen molar-refractivity contribution in [1.82, 2.24) is 4.90 Å². The predicted molar refractivity (Wildman–Crippen MR) is 66.3 cm³/mol. The summed E-state index contributed by atoms with van der Waals surface area (Å²) < 4.78 is 10.8. The maximum Gasteiger partial charge on any atom is 0.335 e. The van der Waals surface area contributed by atoms with Crippen molar-refractivity contribution in [2.75, 3.05) is 19.7 Å². The highest BCUT2D eigenvalue weighted by molar-refractivity contribution is 5.72. The molecule has 2 heterocycles. The summed E-state index contributed by atoms with van der Waals surface area (Å²) in [5.41, 5.74) is 0. The van der Waals surface area contributed by atoms with E-state index in [2.05, 4.69) is 18.7 Å². The Morgan fingerprint density at radius 2 is 2.06 bits per heavy atom. The van der Waals surface area contributed by atoms with Crippen LogP contribution in [0.5, 0.6) is 0 Å². The van der Waals surface area contributed by atoms with Crippen molar-refractivity contribution in [1.29, 1.82) is 0 Å². The Balaban J connectivity index is 1.71. The summed E-state index contributed by atoms with van der Waals surface area (Å²) in [6, 6.07) is 0.612. The van der Waals surface area contributed by atoms with Gasteiger partial charge in [0.1, 0.15) is 0 Å². The van der Waals surface area contributed by atoms with E-state index in [1.807, 2.05) is 0 Å². The Hall–Kier alpha value is -0.650. The lowest BCUT2D eigenvalue weighted by Crippen LogP contribution is -2.39. The first-order valence-corrected chi connectivity index (χ1v) is 6.80. The first-order valence-electron chi connectivity index (χ1n) is 6.80.